The predicted molar refractivity (Wildman–Crippen MR) is 121 cm³/mol. The number of benzene rings is 1. The summed E-state index contributed by atoms with van der Waals surface area (Å²) in [5.74, 6) is -0.576. The maximum absolute atomic E-state index is 12.9. The number of hydrogen-bond donors (Lipinski definition) is 1. The lowest BCUT2D eigenvalue weighted by Crippen LogP contribution is -2.39. The Morgan fingerprint density at radius 1 is 1.22 bits per heavy atom. The number of piperidine rings is 1. The first-order valence-corrected chi connectivity index (χ1v) is 13.7. The molecule has 2 aromatic rings. The molecular formula is C20H25ClN4O5S2. The second-order valence-corrected chi connectivity index (χ2v) is 12.1. The zero-order valence-corrected chi connectivity index (χ0v) is 20.2. The molecule has 0 bridgehead atoms. The monoisotopic (exact) mass is 500 g/mol. The molecule has 1 aliphatic rings. The van der Waals surface area contributed by atoms with Gasteiger partial charge in [0.25, 0.3) is 5.91 Å². The van der Waals surface area contributed by atoms with Gasteiger partial charge in [0.15, 0.2) is 5.69 Å². The van der Waals surface area contributed by atoms with E-state index in [0.717, 1.165) is 19.0 Å². The molecule has 1 N–H and O–H groups in total. The summed E-state index contributed by atoms with van der Waals surface area (Å²) in [5.41, 5.74) is 0.0314. The number of sulfone groups is 1. The van der Waals surface area contributed by atoms with Crippen molar-refractivity contribution in [3.63, 3.8) is 0 Å². The minimum absolute atomic E-state index is 0.101. The molecule has 1 amide bonds. The van der Waals surface area contributed by atoms with Crippen molar-refractivity contribution >= 4 is 43.1 Å². The van der Waals surface area contributed by atoms with Crippen LogP contribution in [0.4, 0.5) is 5.69 Å². The van der Waals surface area contributed by atoms with Gasteiger partial charge in [-0.2, -0.15) is 4.31 Å². The van der Waals surface area contributed by atoms with E-state index in [2.05, 4.69) is 15.3 Å². The van der Waals surface area contributed by atoms with Crippen LogP contribution in [0.3, 0.4) is 0 Å². The molecular weight excluding hydrogens is 476 g/mol. The second kappa shape index (κ2) is 9.82. The summed E-state index contributed by atoms with van der Waals surface area (Å²) >= 11 is 6.00. The van der Waals surface area contributed by atoms with Crippen molar-refractivity contribution in [3.05, 3.63) is 41.2 Å². The molecule has 1 atom stereocenters. The van der Waals surface area contributed by atoms with Gasteiger partial charge in [-0.25, -0.2) is 26.8 Å². The highest BCUT2D eigenvalue weighted by Gasteiger charge is 2.28. The van der Waals surface area contributed by atoms with Gasteiger partial charge in [0, 0.05) is 18.8 Å². The molecule has 12 heteroatoms. The highest BCUT2D eigenvalue weighted by atomic mass is 35.5. The fraction of sp³-hybridized carbons (Fsp3) is 0.450. The first-order chi connectivity index (χ1) is 15.0. The number of rotatable bonds is 7. The fourth-order valence-electron chi connectivity index (χ4n) is 3.43. The van der Waals surface area contributed by atoms with Crippen LogP contribution in [-0.2, 0) is 19.9 Å². The molecule has 0 spiro atoms. The Morgan fingerprint density at radius 2 is 1.91 bits per heavy atom. The van der Waals surface area contributed by atoms with Gasteiger partial charge in [-0.3, -0.25) is 4.79 Å². The van der Waals surface area contributed by atoms with Gasteiger partial charge < -0.3 is 5.32 Å². The van der Waals surface area contributed by atoms with E-state index < -0.39 is 30.9 Å². The number of carbonyl (C=O) groups is 1. The van der Waals surface area contributed by atoms with Gasteiger partial charge >= 0.3 is 0 Å². The minimum Gasteiger partial charge on any atom is -0.321 e. The van der Waals surface area contributed by atoms with E-state index in [-0.39, 0.29) is 21.4 Å². The number of anilines is 1. The van der Waals surface area contributed by atoms with Gasteiger partial charge in [0.2, 0.25) is 25.0 Å². The smallest absolute Gasteiger partial charge is 0.275 e. The third-order valence-electron chi connectivity index (χ3n) is 5.06. The maximum Gasteiger partial charge on any atom is 0.275 e. The number of hydrogen-bond acceptors (Lipinski definition) is 7. The first-order valence-electron chi connectivity index (χ1n) is 10.2. The summed E-state index contributed by atoms with van der Waals surface area (Å²) in [6.45, 7) is 4.70. The van der Waals surface area contributed by atoms with Crippen LogP contribution in [0.1, 0.15) is 43.6 Å². The molecule has 2 heterocycles. The molecule has 1 aromatic carbocycles. The summed E-state index contributed by atoms with van der Waals surface area (Å²) < 4.78 is 51.6. The van der Waals surface area contributed by atoms with Crippen LogP contribution in [0.25, 0.3) is 0 Å². The summed E-state index contributed by atoms with van der Waals surface area (Å²) in [4.78, 5) is 20.3. The molecule has 0 saturated carbocycles. The number of sulfonamides is 1. The zero-order valence-electron chi connectivity index (χ0n) is 17.8. The summed E-state index contributed by atoms with van der Waals surface area (Å²) in [7, 11) is -7.34. The largest absolute Gasteiger partial charge is 0.321 e. The number of carbonyl (C=O) groups excluding carboxylic acids is 1. The highest BCUT2D eigenvalue weighted by Crippen LogP contribution is 2.25. The molecule has 1 aliphatic heterocycles. The lowest BCUT2D eigenvalue weighted by molar-refractivity contribution is 0.102. The van der Waals surface area contributed by atoms with E-state index in [1.165, 1.54) is 28.6 Å². The normalized spacial score (nSPS) is 17.8. The number of halogens is 1. The van der Waals surface area contributed by atoms with Gasteiger partial charge in [-0.05, 0) is 49.4 Å². The molecule has 0 radical (unpaired) electrons. The van der Waals surface area contributed by atoms with Crippen LogP contribution in [0.2, 0.25) is 5.02 Å². The predicted octanol–water partition coefficient (Wildman–Crippen LogP) is 2.99. The number of nitrogens with one attached hydrogen (secondary N) is 1. The molecule has 1 fully saturated rings. The van der Waals surface area contributed by atoms with Gasteiger partial charge in [0.1, 0.15) is 0 Å². The Kier molecular flexibility index (Phi) is 7.53. The lowest BCUT2D eigenvalue weighted by Gasteiger charge is -2.30. The number of amides is 1. The summed E-state index contributed by atoms with van der Waals surface area (Å²) in [5, 5.41) is 1.99. The maximum atomic E-state index is 12.9. The molecule has 0 aliphatic carbocycles. The average Bonchev–Trinajstić information content (AvgIpc) is 2.74. The van der Waals surface area contributed by atoms with Crippen molar-refractivity contribution in [2.45, 2.75) is 43.2 Å². The Morgan fingerprint density at radius 3 is 2.53 bits per heavy atom. The van der Waals surface area contributed by atoms with Crippen molar-refractivity contribution in [2.24, 2.45) is 5.92 Å². The second-order valence-electron chi connectivity index (χ2n) is 7.76. The topological polar surface area (TPSA) is 126 Å². The molecule has 1 unspecified atom stereocenters. The van der Waals surface area contributed by atoms with Gasteiger partial charge in [0.05, 0.1) is 21.9 Å². The third kappa shape index (κ3) is 5.45. The minimum atomic E-state index is -3.72. The Labute approximate surface area is 193 Å². The third-order valence-corrected chi connectivity index (χ3v) is 8.91. The van der Waals surface area contributed by atoms with Crippen LogP contribution in [-0.4, -0.2) is 55.9 Å². The van der Waals surface area contributed by atoms with Crippen LogP contribution in [0, 0.1) is 5.92 Å². The van der Waals surface area contributed by atoms with E-state index in [1.807, 2.05) is 6.92 Å². The molecule has 1 aromatic heterocycles. The summed E-state index contributed by atoms with van der Waals surface area (Å²) in [6.07, 6.45) is 3.27. The Bertz CT molecular complexity index is 1200. The van der Waals surface area contributed by atoms with Crippen LogP contribution >= 0.6 is 11.6 Å². The summed E-state index contributed by atoms with van der Waals surface area (Å²) in [6, 6.07) is 5.76. The van der Waals surface area contributed by atoms with Gasteiger partial charge in [-0.1, -0.05) is 25.4 Å². The van der Waals surface area contributed by atoms with Crippen molar-refractivity contribution in [2.75, 3.05) is 24.2 Å². The number of aromatic nitrogens is 2. The average molecular weight is 501 g/mol. The molecule has 9 nitrogen and oxygen atoms in total. The Balaban J connectivity index is 1.78. The molecule has 3 rings (SSSR count). The fourth-order valence-corrected chi connectivity index (χ4v) is 6.37. The number of nitrogens with zero attached hydrogens (tertiary/aromatic N) is 3. The van der Waals surface area contributed by atoms with Crippen molar-refractivity contribution < 1.29 is 21.6 Å². The van der Waals surface area contributed by atoms with E-state index in [9.17, 15) is 21.6 Å². The molecule has 1 saturated heterocycles. The van der Waals surface area contributed by atoms with Crippen LogP contribution in [0.5, 0.6) is 0 Å². The van der Waals surface area contributed by atoms with Crippen molar-refractivity contribution in [3.8, 4) is 0 Å². The SMILES string of the molecule is CCCS(=O)(=O)c1ncc(Cl)c(C(=O)Nc2ccc(S(=O)(=O)N3CCCC(C)C3)cc2)n1. The zero-order chi connectivity index (χ0) is 23.5. The Hall–Kier alpha value is -2.08. The lowest BCUT2D eigenvalue weighted by atomic mass is 10.0. The van der Waals surface area contributed by atoms with Crippen molar-refractivity contribution in [1.29, 1.82) is 0 Å². The van der Waals surface area contributed by atoms with E-state index >= 15 is 0 Å². The quantitative estimate of drug-likeness (QED) is 0.579. The van der Waals surface area contributed by atoms with Crippen molar-refractivity contribution in [1.82, 2.24) is 14.3 Å². The molecule has 174 valence electrons. The van der Waals surface area contributed by atoms with E-state index in [1.54, 1.807) is 6.92 Å². The first kappa shape index (κ1) is 24.6. The van der Waals surface area contributed by atoms with Gasteiger partial charge in [-0.15, -0.1) is 0 Å². The van der Waals surface area contributed by atoms with E-state index in [0.29, 0.717) is 31.1 Å². The molecule has 32 heavy (non-hydrogen) atoms. The van der Waals surface area contributed by atoms with Crippen LogP contribution < -0.4 is 5.32 Å². The highest BCUT2D eigenvalue weighted by molar-refractivity contribution is 7.91. The van der Waals surface area contributed by atoms with E-state index in [4.69, 9.17) is 11.6 Å². The van der Waals surface area contributed by atoms with Crippen LogP contribution in [0.15, 0.2) is 40.5 Å². The standard InChI is InChI=1S/C20H25ClN4O5S2/c1-3-11-31(27,28)20-22-12-17(21)18(24-20)19(26)23-15-6-8-16(9-7-15)32(29,30)25-10-4-5-14(2)13-25/h6-9,12,14H,3-5,10-11,13H2,1-2H3,(H,23,26).